The summed E-state index contributed by atoms with van der Waals surface area (Å²) in [4.78, 5) is 24.4. The summed E-state index contributed by atoms with van der Waals surface area (Å²) >= 11 is 0. The summed E-state index contributed by atoms with van der Waals surface area (Å²) in [7, 11) is 0. The first-order valence-electron chi connectivity index (χ1n) is 6.16. The molecule has 0 bridgehead atoms. The number of likely N-dealkylation sites (tertiary alicyclic amines) is 1. The molecule has 1 aliphatic heterocycles. The van der Waals surface area contributed by atoms with E-state index in [9.17, 15) is 9.59 Å². The van der Waals surface area contributed by atoms with E-state index >= 15 is 0 Å². The quantitative estimate of drug-likeness (QED) is 0.731. The van der Waals surface area contributed by atoms with Crippen LogP contribution in [0.3, 0.4) is 0 Å². The third-order valence-electron chi connectivity index (χ3n) is 2.95. The van der Waals surface area contributed by atoms with E-state index in [2.05, 4.69) is 28.8 Å². The highest BCUT2D eigenvalue weighted by Gasteiger charge is 2.22. The molecular weight excluding hydrogens is 220 g/mol. The molecule has 17 heavy (non-hydrogen) atoms. The molecule has 0 aromatic heterocycles. The maximum Gasteiger partial charge on any atom is 0.303 e. The number of ether oxygens (including phenoxy) is 1. The number of rotatable bonds is 4. The molecule has 0 aliphatic carbocycles. The van der Waals surface area contributed by atoms with Crippen molar-refractivity contribution >= 4 is 11.9 Å². The molecular formula is C12H22N2O3. The Kier molecular flexibility index (Phi) is 5.41. The van der Waals surface area contributed by atoms with Crippen LogP contribution in [0.15, 0.2) is 0 Å². The van der Waals surface area contributed by atoms with Gasteiger partial charge in [-0.15, -0.1) is 0 Å². The molecule has 0 aromatic carbocycles. The molecule has 1 amide bonds. The number of hydrogen-bond donors (Lipinski definition) is 1. The SMILES string of the molecule is CC(=O)OCC(=O)NC1CCCN(C(C)C)C1. The third kappa shape index (κ3) is 5.17. The summed E-state index contributed by atoms with van der Waals surface area (Å²) < 4.78 is 4.65. The standard InChI is InChI=1S/C12H22N2O3/c1-9(2)14-6-4-5-11(7-14)13-12(16)8-17-10(3)15/h9,11H,4-8H2,1-3H3,(H,13,16). The lowest BCUT2D eigenvalue weighted by atomic mass is 10.0. The van der Waals surface area contributed by atoms with Crippen LogP contribution in [-0.2, 0) is 14.3 Å². The van der Waals surface area contributed by atoms with Gasteiger partial charge >= 0.3 is 5.97 Å². The van der Waals surface area contributed by atoms with Crippen molar-refractivity contribution in [2.45, 2.75) is 45.7 Å². The van der Waals surface area contributed by atoms with Crippen LogP contribution in [0.2, 0.25) is 0 Å². The number of esters is 1. The molecule has 5 nitrogen and oxygen atoms in total. The van der Waals surface area contributed by atoms with Crippen molar-refractivity contribution in [2.75, 3.05) is 19.7 Å². The Hall–Kier alpha value is -1.10. The van der Waals surface area contributed by atoms with Gasteiger partial charge in [0.1, 0.15) is 0 Å². The topological polar surface area (TPSA) is 58.6 Å². The van der Waals surface area contributed by atoms with Gasteiger partial charge in [0.25, 0.3) is 5.91 Å². The summed E-state index contributed by atoms with van der Waals surface area (Å²) in [5, 5.41) is 2.90. The largest absolute Gasteiger partial charge is 0.456 e. The van der Waals surface area contributed by atoms with Gasteiger partial charge in [-0.2, -0.15) is 0 Å². The van der Waals surface area contributed by atoms with E-state index in [1.807, 2.05) is 0 Å². The first kappa shape index (κ1) is 14.0. The Morgan fingerprint density at radius 3 is 2.76 bits per heavy atom. The fourth-order valence-corrected chi connectivity index (χ4v) is 2.03. The second kappa shape index (κ2) is 6.59. The lowest BCUT2D eigenvalue weighted by Crippen LogP contribution is -2.50. The number of nitrogens with one attached hydrogen (secondary N) is 1. The molecule has 1 heterocycles. The van der Waals surface area contributed by atoms with Gasteiger partial charge in [-0.1, -0.05) is 0 Å². The van der Waals surface area contributed by atoms with Crippen molar-refractivity contribution in [3.05, 3.63) is 0 Å². The Morgan fingerprint density at radius 2 is 2.18 bits per heavy atom. The van der Waals surface area contributed by atoms with Crippen molar-refractivity contribution in [3.63, 3.8) is 0 Å². The molecule has 1 N–H and O–H groups in total. The zero-order valence-corrected chi connectivity index (χ0v) is 10.9. The van der Waals surface area contributed by atoms with Crippen LogP contribution >= 0.6 is 0 Å². The second-order valence-corrected chi connectivity index (χ2v) is 4.78. The minimum absolute atomic E-state index is 0.173. The van der Waals surface area contributed by atoms with Crippen molar-refractivity contribution in [1.82, 2.24) is 10.2 Å². The van der Waals surface area contributed by atoms with Gasteiger partial charge in [-0.25, -0.2) is 0 Å². The molecule has 0 radical (unpaired) electrons. The summed E-state index contributed by atoms with van der Waals surface area (Å²) in [6.45, 7) is 7.41. The molecule has 0 aromatic rings. The highest BCUT2D eigenvalue weighted by molar-refractivity contribution is 5.80. The Labute approximate surface area is 102 Å². The summed E-state index contributed by atoms with van der Waals surface area (Å²) in [5.74, 6) is -0.636. The van der Waals surface area contributed by atoms with Gasteiger partial charge in [0, 0.05) is 25.6 Å². The van der Waals surface area contributed by atoms with Crippen LogP contribution in [0, 0.1) is 0 Å². The number of piperidine rings is 1. The number of hydrogen-bond acceptors (Lipinski definition) is 4. The van der Waals surface area contributed by atoms with E-state index in [0.717, 1.165) is 25.9 Å². The summed E-state index contributed by atoms with van der Waals surface area (Å²) in [5.41, 5.74) is 0. The highest BCUT2D eigenvalue weighted by atomic mass is 16.5. The second-order valence-electron chi connectivity index (χ2n) is 4.78. The maximum atomic E-state index is 11.5. The Morgan fingerprint density at radius 1 is 1.47 bits per heavy atom. The van der Waals surface area contributed by atoms with E-state index in [0.29, 0.717) is 6.04 Å². The molecule has 1 unspecified atom stereocenters. The van der Waals surface area contributed by atoms with Crippen molar-refractivity contribution in [2.24, 2.45) is 0 Å². The summed E-state index contributed by atoms with van der Waals surface area (Å²) in [6, 6.07) is 0.678. The minimum Gasteiger partial charge on any atom is -0.456 e. The molecule has 0 spiro atoms. The van der Waals surface area contributed by atoms with Gasteiger partial charge in [0.2, 0.25) is 0 Å². The van der Waals surface area contributed by atoms with E-state index in [1.165, 1.54) is 6.92 Å². The molecule has 1 atom stereocenters. The lowest BCUT2D eigenvalue weighted by Gasteiger charge is -2.35. The number of nitrogens with zero attached hydrogens (tertiary/aromatic N) is 1. The van der Waals surface area contributed by atoms with E-state index in [1.54, 1.807) is 0 Å². The average molecular weight is 242 g/mol. The molecule has 1 aliphatic rings. The molecule has 1 saturated heterocycles. The van der Waals surface area contributed by atoms with Crippen molar-refractivity contribution in [1.29, 1.82) is 0 Å². The lowest BCUT2D eigenvalue weighted by molar-refractivity contribution is -0.146. The predicted octanol–water partition coefficient (Wildman–Crippen LogP) is 0.539. The van der Waals surface area contributed by atoms with Crippen LogP contribution in [0.1, 0.15) is 33.6 Å². The van der Waals surface area contributed by atoms with E-state index in [-0.39, 0.29) is 18.6 Å². The van der Waals surface area contributed by atoms with Gasteiger partial charge in [0.05, 0.1) is 0 Å². The zero-order valence-electron chi connectivity index (χ0n) is 10.9. The molecule has 5 heteroatoms. The first-order chi connectivity index (χ1) is 7.99. The third-order valence-corrected chi connectivity index (χ3v) is 2.95. The minimum atomic E-state index is -0.424. The Balaban J connectivity index is 2.30. The normalized spacial score (nSPS) is 21.3. The van der Waals surface area contributed by atoms with Gasteiger partial charge in [-0.05, 0) is 33.2 Å². The smallest absolute Gasteiger partial charge is 0.303 e. The average Bonchev–Trinajstić information content (AvgIpc) is 2.26. The zero-order chi connectivity index (χ0) is 12.8. The van der Waals surface area contributed by atoms with Crippen LogP contribution < -0.4 is 5.32 Å². The van der Waals surface area contributed by atoms with Crippen LogP contribution in [0.4, 0.5) is 0 Å². The van der Waals surface area contributed by atoms with Crippen molar-refractivity contribution in [3.8, 4) is 0 Å². The van der Waals surface area contributed by atoms with Gasteiger partial charge in [0.15, 0.2) is 6.61 Å². The van der Waals surface area contributed by atoms with Crippen molar-refractivity contribution < 1.29 is 14.3 Å². The monoisotopic (exact) mass is 242 g/mol. The number of carbonyl (C=O) groups excluding carboxylic acids is 2. The van der Waals surface area contributed by atoms with E-state index in [4.69, 9.17) is 0 Å². The highest BCUT2D eigenvalue weighted by Crippen LogP contribution is 2.12. The summed E-state index contributed by atoms with van der Waals surface area (Å²) in [6.07, 6.45) is 2.09. The maximum absolute atomic E-state index is 11.5. The van der Waals surface area contributed by atoms with Crippen LogP contribution in [-0.4, -0.2) is 48.6 Å². The molecule has 98 valence electrons. The predicted molar refractivity (Wildman–Crippen MR) is 64.5 cm³/mol. The van der Waals surface area contributed by atoms with Gasteiger partial charge in [-0.3, -0.25) is 14.5 Å². The fourth-order valence-electron chi connectivity index (χ4n) is 2.03. The van der Waals surface area contributed by atoms with Gasteiger partial charge < -0.3 is 10.1 Å². The van der Waals surface area contributed by atoms with Crippen LogP contribution in [0.25, 0.3) is 0 Å². The molecule has 0 saturated carbocycles. The number of carbonyl (C=O) groups is 2. The molecule has 1 fully saturated rings. The van der Waals surface area contributed by atoms with Crippen LogP contribution in [0.5, 0.6) is 0 Å². The number of amides is 1. The fraction of sp³-hybridized carbons (Fsp3) is 0.833. The Bertz CT molecular complexity index is 279. The molecule has 1 rings (SSSR count). The van der Waals surface area contributed by atoms with E-state index < -0.39 is 5.97 Å². The first-order valence-corrected chi connectivity index (χ1v) is 6.16.